The smallest absolute Gasteiger partial charge is 0.143 e. The van der Waals surface area contributed by atoms with Gasteiger partial charge in [-0.15, -0.1) is 0 Å². The molecule has 0 spiro atoms. The van der Waals surface area contributed by atoms with Gasteiger partial charge in [0.2, 0.25) is 0 Å². The third-order valence-corrected chi connectivity index (χ3v) is 8.25. The lowest BCUT2D eigenvalue weighted by molar-refractivity contribution is 0.656. The average Bonchev–Trinajstić information content (AvgIpc) is 3.58. The van der Waals surface area contributed by atoms with Crippen LogP contribution < -0.4 is 0 Å². The van der Waals surface area contributed by atoms with E-state index in [1.807, 2.05) is 18.2 Å². The molecule has 0 bridgehead atoms. The van der Waals surface area contributed by atoms with Gasteiger partial charge in [-0.2, -0.15) is 0 Å². The highest BCUT2D eigenvalue weighted by Crippen LogP contribution is 2.42. The number of fused-ring (bicyclic) bond motifs is 7. The van der Waals surface area contributed by atoms with Crippen LogP contribution in [-0.2, 0) is 0 Å². The Kier molecular flexibility index (Phi) is 5.23. The number of furan rings is 2. The van der Waals surface area contributed by atoms with Crippen LogP contribution in [0.3, 0.4) is 0 Å². The monoisotopic (exact) mass is 526 g/mol. The molecule has 8 rings (SSSR count). The summed E-state index contributed by atoms with van der Waals surface area (Å²) in [4.78, 5) is 0. The predicted molar refractivity (Wildman–Crippen MR) is 173 cm³/mol. The van der Waals surface area contributed by atoms with E-state index in [1.54, 1.807) is 0 Å². The van der Waals surface area contributed by atoms with E-state index in [-0.39, 0.29) is 0 Å². The highest BCUT2D eigenvalue weighted by molar-refractivity contribution is 6.18. The van der Waals surface area contributed by atoms with Crippen molar-refractivity contribution in [3.8, 4) is 11.1 Å². The van der Waals surface area contributed by atoms with E-state index in [0.29, 0.717) is 0 Å². The van der Waals surface area contributed by atoms with Crippen LogP contribution >= 0.6 is 0 Å². The van der Waals surface area contributed by atoms with E-state index >= 15 is 0 Å². The first-order valence-electron chi connectivity index (χ1n) is 13.9. The first-order valence-corrected chi connectivity index (χ1v) is 13.9. The Morgan fingerprint density at radius 2 is 1.17 bits per heavy atom. The summed E-state index contributed by atoms with van der Waals surface area (Å²) in [7, 11) is 0. The quantitative estimate of drug-likeness (QED) is 0.228. The summed E-state index contributed by atoms with van der Waals surface area (Å²) in [5.74, 6) is 0. The van der Waals surface area contributed by atoms with Gasteiger partial charge >= 0.3 is 0 Å². The zero-order valence-corrected chi connectivity index (χ0v) is 22.6. The molecule has 0 unspecified atom stereocenters. The summed E-state index contributed by atoms with van der Waals surface area (Å²) in [6.07, 6.45) is 4.06. The summed E-state index contributed by atoms with van der Waals surface area (Å²) in [5.41, 5.74) is 10.1. The zero-order chi connectivity index (χ0) is 27.5. The Bertz CT molecular complexity index is 2340. The molecule has 0 amide bonds. The molecule has 2 aromatic heterocycles. The lowest BCUT2D eigenvalue weighted by Gasteiger charge is -2.11. The van der Waals surface area contributed by atoms with E-state index in [9.17, 15) is 0 Å². The average molecular weight is 527 g/mol. The maximum absolute atomic E-state index is 6.61. The van der Waals surface area contributed by atoms with Crippen LogP contribution in [0.25, 0.3) is 77.4 Å². The van der Waals surface area contributed by atoms with Crippen molar-refractivity contribution < 1.29 is 8.83 Å². The van der Waals surface area contributed by atoms with Gasteiger partial charge in [0.25, 0.3) is 0 Å². The number of para-hydroxylation sites is 2. The van der Waals surface area contributed by atoms with E-state index in [4.69, 9.17) is 8.83 Å². The van der Waals surface area contributed by atoms with Crippen LogP contribution in [0.2, 0.25) is 0 Å². The number of hydrogen-bond acceptors (Lipinski definition) is 2. The molecule has 0 radical (unpaired) electrons. The lowest BCUT2D eigenvalue weighted by atomic mass is 9.92. The Balaban J connectivity index is 1.36. The molecule has 0 aliphatic carbocycles. The molecule has 194 valence electrons. The van der Waals surface area contributed by atoms with Gasteiger partial charge in [0, 0.05) is 38.7 Å². The molecular formula is C39H26O2. The van der Waals surface area contributed by atoms with Gasteiger partial charge in [-0.1, -0.05) is 122 Å². The van der Waals surface area contributed by atoms with Crippen molar-refractivity contribution in [2.24, 2.45) is 0 Å². The second-order valence-electron chi connectivity index (χ2n) is 10.4. The van der Waals surface area contributed by atoms with E-state index in [2.05, 4.69) is 123 Å². The van der Waals surface area contributed by atoms with Crippen molar-refractivity contribution >= 4 is 66.3 Å². The van der Waals surface area contributed by atoms with Gasteiger partial charge in [0.1, 0.15) is 22.3 Å². The van der Waals surface area contributed by atoms with Crippen molar-refractivity contribution in [3.05, 3.63) is 145 Å². The van der Waals surface area contributed by atoms with Crippen LogP contribution in [0.4, 0.5) is 0 Å². The number of rotatable bonds is 4. The molecule has 2 heterocycles. The van der Waals surface area contributed by atoms with Gasteiger partial charge in [0.05, 0.1) is 0 Å². The van der Waals surface area contributed by atoms with Crippen LogP contribution in [0.15, 0.2) is 137 Å². The topological polar surface area (TPSA) is 26.3 Å². The van der Waals surface area contributed by atoms with Gasteiger partial charge < -0.3 is 8.83 Å². The van der Waals surface area contributed by atoms with Gasteiger partial charge in [-0.05, 0) is 46.0 Å². The molecule has 0 N–H and O–H groups in total. The molecule has 0 fully saturated rings. The van der Waals surface area contributed by atoms with Gasteiger partial charge in [-0.3, -0.25) is 0 Å². The highest BCUT2D eigenvalue weighted by atomic mass is 16.3. The van der Waals surface area contributed by atoms with Gasteiger partial charge in [0.15, 0.2) is 0 Å². The minimum atomic E-state index is 0.818. The van der Waals surface area contributed by atoms with Crippen LogP contribution in [0.5, 0.6) is 0 Å². The van der Waals surface area contributed by atoms with E-state index in [1.165, 1.54) is 16.3 Å². The molecule has 0 saturated heterocycles. The first-order chi connectivity index (χ1) is 20.2. The van der Waals surface area contributed by atoms with E-state index < -0.39 is 0 Å². The fourth-order valence-electron chi connectivity index (χ4n) is 6.35. The van der Waals surface area contributed by atoms with Crippen molar-refractivity contribution in [2.75, 3.05) is 0 Å². The minimum Gasteiger partial charge on any atom is -0.455 e. The summed E-state index contributed by atoms with van der Waals surface area (Å²) < 4.78 is 13.2. The number of allylic oxidation sites excluding steroid dienone is 1. The Labute approximate surface area is 237 Å². The lowest BCUT2D eigenvalue weighted by Crippen LogP contribution is -1.91. The Morgan fingerprint density at radius 1 is 0.561 bits per heavy atom. The predicted octanol–water partition coefficient (Wildman–Crippen LogP) is 11.4. The number of hydrogen-bond donors (Lipinski definition) is 0. The summed E-state index contributed by atoms with van der Waals surface area (Å²) in [5, 5.41) is 6.80. The molecule has 6 aromatic carbocycles. The maximum atomic E-state index is 6.61. The van der Waals surface area contributed by atoms with E-state index in [0.717, 1.165) is 71.7 Å². The molecule has 41 heavy (non-hydrogen) atoms. The van der Waals surface area contributed by atoms with Gasteiger partial charge in [-0.25, -0.2) is 0 Å². The molecule has 8 aromatic rings. The SMILES string of the molecule is C=Cc1ccccc1/C(=C\C)c1cccc2c1oc1cc3oc4c(-c5cccc6ccccc56)cccc4c3cc12. The maximum Gasteiger partial charge on any atom is 0.143 e. The molecule has 0 atom stereocenters. The molecule has 0 aliphatic heterocycles. The highest BCUT2D eigenvalue weighted by Gasteiger charge is 2.19. The normalized spacial score (nSPS) is 12.3. The summed E-state index contributed by atoms with van der Waals surface area (Å²) in [6, 6.07) is 40.4. The zero-order valence-electron chi connectivity index (χ0n) is 22.6. The third kappa shape index (κ3) is 3.51. The number of benzene rings is 6. The van der Waals surface area contributed by atoms with Crippen LogP contribution in [-0.4, -0.2) is 0 Å². The van der Waals surface area contributed by atoms with Crippen molar-refractivity contribution in [2.45, 2.75) is 6.92 Å². The first kappa shape index (κ1) is 23.5. The minimum absolute atomic E-state index is 0.818. The van der Waals surface area contributed by atoms with Crippen LogP contribution in [0.1, 0.15) is 23.6 Å². The third-order valence-electron chi connectivity index (χ3n) is 8.25. The van der Waals surface area contributed by atoms with Crippen molar-refractivity contribution in [1.29, 1.82) is 0 Å². The molecule has 2 nitrogen and oxygen atoms in total. The molecular weight excluding hydrogens is 500 g/mol. The standard InChI is InChI=1S/C39H26O2/c1-3-24-12-5-7-15-27(24)26(4-2)30-18-10-20-32-34-22-35-33-21-11-19-31(29-17-9-14-25-13-6-8-16-28(25)29)39(33)41-37(35)23-36(34)40-38(30)32/h3-23H,1H2,2H3/b26-4+. The fourth-order valence-corrected chi connectivity index (χ4v) is 6.35. The molecule has 0 aliphatic rings. The second-order valence-corrected chi connectivity index (χ2v) is 10.4. The molecule has 0 saturated carbocycles. The second kappa shape index (κ2) is 9.11. The Morgan fingerprint density at radius 3 is 2.00 bits per heavy atom. The van der Waals surface area contributed by atoms with Crippen LogP contribution in [0, 0.1) is 0 Å². The summed E-state index contributed by atoms with van der Waals surface area (Å²) in [6.45, 7) is 6.10. The Hall–Kier alpha value is -5.34. The largest absolute Gasteiger partial charge is 0.455 e. The van der Waals surface area contributed by atoms with Crippen molar-refractivity contribution in [1.82, 2.24) is 0 Å². The summed E-state index contributed by atoms with van der Waals surface area (Å²) >= 11 is 0. The van der Waals surface area contributed by atoms with Crippen molar-refractivity contribution in [3.63, 3.8) is 0 Å². The fraction of sp³-hybridized carbons (Fsp3) is 0.0256. The molecule has 2 heteroatoms.